The van der Waals surface area contributed by atoms with Gasteiger partial charge in [-0.3, -0.25) is 0 Å². The van der Waals surface area contributed by atoms with Crippen LogP contribution in [0, 0.1) is 6.92 Å². The molecule has 0 radical (unpaired) electrons. The largest absolute Gasteiger partial charge is 0.467 e. The molecule has 0 amide bonds. The number of nitrogens with one attached hydrogen (secondary N) is 1. The Morgan fingerprint density at radius 1 is 1.32 bits per heavy atom. The fourth-order valence-electron chi connectivity index (χ4n) is 2.22. The molecular weight excluding hydrogens is 292 g/mol. The van der Waals surface area contributed by atoms with Crippen LogP contribution in [-0.2, 0) is 0 Å². The summed E-state index contributed by atoms with van der Waals surface area (Å²) in [7, 11) is 0. The zero-order valence-electron chi connectivity index (χ0n) is 12.4. The standard InChI is InChI=1S/C16H19F2NO3/c1-10-6-7-21-15(10)11(2)19-9-14(20)12-4-3-5-13(8-12)22-16(17)18/h3-8,11,14,16,19-20H,9H2,1-2H3. The highest BCUT2D eigenvalue weighted by molar-refractivity contribution is 5.30. The summed E-state index contributed by atoms with van der Waals surface area (Å²) < 4.78 is 34.1. The van der Waals surface area contributed by atoms with Gasteiger partial charge in [-0.2, -0.15) is 8.78 Å². The van der Waals surface area contributed by atoms with E-state index in [0.717, 1.165) is 11.3 Å². The van der Waals surface area contributed by atoms with Gasteiger partial charge in [-0.25, -0.2) is 0 Å². The maximum absolute atomic E-state index is 12.2. The SMILES string of the molecule is Cc1ccoc1C(C)NCC(O)c1cccc(OC(F)F)c1. The van der Waals surface area contributed by atoms with Gasteiger partial charge in [-0.05, 0) is 43.2 Å². The first-order chi connectivity index (χ1) is 10.5. The van der Waals surface area contributed by atoms with Crippen molar-refractivity contribution in [2.24, 2.45) is 0 Å². The van der Waals surface area contributed by atoms with Gasteiger partial charge in [-0.15, -0.1) is 0 Å². The highest BCUT2D eigenvalue weighted by atomic mass is 19.3. The summed E-state index contributed by atoms with van der Waals surface area (Å²) in [6, 6.07) is 7.86. The van der Waals surface area contributed by atoms with E-state index in [9.17, 15) is 13.9 Å². The Morgan fingerprint density at radius 3 is 2.73 bits per heavy atom. The molecule has 2 rings (SSSR count). The zero-order chi connectivity index (χ0) is 16.1. The molecule has 0 aliphatic carbocycles. The van der Waals surface area contributed by atoms with Crippen LogP contribution in [0.5, 0.6) is 5.75 Å². The Kier molecular flexibility index (Phi) is 5.51. The molecule has 2 N–H and O–H groups in total. The topological polar surface area (TPSA) is 54.6 Å². The van der Waals surface area contributed by atoms with Crippen molar-refractivity contribution in [2.75, 3.05) is 6.54 Å². The van der Waals surface area contributed by atoms with Crippen molar-refractivity contribution in [1.29, 1.82) is 0 Å². The molecule has 0 aliphatic heterocycles. The minimum atomic E-state index is -2.88. The number of benzene rings is 1. The molecule has 1 aromatic carbocycles. The lowest BCUT2D eigenvalue weighted by Gasteiger charge is -2.17. The molecule has 4 nitrogen and oxygen atoms in total. The lowest BCUT2D eigenvalue weighted by molar-refractivity contribution is -0.0499. The molecule has 2 unspecified atom stereocenters. The summed E-state index contributed by atoms with van der Waals surface area (Å²) in [5.74, 6) is 0.837. The summed E-state index contributed by atoms with van der Waals surface area (Å²) in [5, 5.41) is 13.3. The van der Waals surface area contributed by atoms with E-state index in [1.54, 1.807) is 18.4 Å². The number of aryl methyl sites for hydroxylation is 1. The maximum atomic E-state index is 12.2. The molecule has 120 valence electrons. The van der Waals surface area contributed by atoms with E-state index in [1.165, 1.54) is 12.1 Å². The van der Waals surface area contributed by atoms with E-state index in [2.05, 4.69) is 10.1 Å². The van der Waals surface area contributed by atoms with E-state index in [-0.39, 0.29) is 18.3 Å². The van der Waals surface area contributed by atoms with Crippen molar-refractivity contribution in [1.82, 2.24) is 5.32 Å². The Bertz CT molecular complexity index is 601. The Balaban J connectivity index is 1.94. The van der Waals surface area contributed by atoms with E-state index >= 15 is 0 Å². The summed E-state index contributed by atoms with van der Waals surface area (Å²) in [6.07, 6.45) is 0.781. The minimum absolute atomic E-state index is 0.0291. The maximum Gasteiger partial charge on any atom is 0.387 e. The molecule has 0 saturated heterocycles. The van der Waals surface area contributed by atoms with Crippen molar-refractivity contribution >= 4 is 0 Å². The summed E-state index contributed by atoms with van der Waals surface area (Å²) >= 11 is 0. The lowest BCUT2D eigenvalue weighted by atomic mass is 10.1. The third kappa shape index (κ3) is 4.29. The number of furan rings is 1. The number of ether oxygens (including phenoxy) is 1. The van der Waals surface area contributed by atoms with Crippen LogP contribution in [0.1, 0.15) is 36.0 Å². The molecule has 0 fully saturated rings. The van der Waals surface area contributed by atoms with E-state index in [0.29, 0.717) is 5.56 Å². The van der Waals surface area contributed by atoms with Crippen LogP contribution >= 0.6 is 0 Å². The zero-order valence-corrected chi connectivity index (χ0v) is 12.4. The van der Waals surface area contributed by atoms with Crippen LogP contribution in [0.25, 0.3) is 0 Å². The molecule has 0 saturated carbocycles. The molecule has 1 aromatic heterocycles. The molecule has 22 heavy (non-hydrogen) atoms. The third-order valence-corrected chi connectivity index (χ3v) is 3.38. The molecule has 6 heteroatoms. The number of aliphatic hydroxyl groups is 1. The second-order valence-corrected chi connectivity index (χ2v) is 5.06. The average Bonchev–Trinajstić information content (AvgIpc) is 2.90. The van der Waals surface area contributed by atoms with Crippen molar-refractivity contribution in [3.63, 3.8) is 0 Å². The van der Waals surface area contributed by atoms with Gasteiger partial charge >= 0.3 is 6.61 Å². The van der Waals surface area contributed by atoms with Crippen molar-refractivity contribution < 1.29 is 23.0 Å². The first-order valence-electron chi connectivity index (χ1n) is 6.97. The molecule has 2 atom stereocenters. The smallest absolute Gasteiger partial charge is 0.387 e. The van der Waals surface area contributed by atoms with E-state index < -0.39 is 12.7 Å². The van der Waals surface area contributed by atoms with Crippen molar-refractivity contribution in [2.45, 2.75) is 32.6 Å². The second kappa shape index (κ2) is 7.38. The Labute approximate surface area is 127 Å². The van der Waals surface area contributed by atoms with Crippen molar-refractivity contribution in [3.05, 3.63) is 53.5 Å². The quantitative estimate of drug-likeness (QED) is 0.821. The lowest BCUT2D eigenvalue weighted by Crippen LogP contribution is -2.24. The minimum Gasteiger partial charge on any atom is -0.467 e. The summed E-state index contributed by atoms with van der Waals surface area (Å²) in [6.45, 7) is 1.25. The Hall–Kier alpha value is -1.92. The van der Waals surface area contributed by atoms with Crippen LogP contribution in [0.4, 0.5) is 8.78 Å². The highest BCUT2D eigenvalue weighted by Crippen LogP contribution is 2.22. The monoisotopic (exact) mass is 311 g/mol. The fraction of sp³-hybridized carbons (Fsp3) is 0.375. The van der Waals surface area contributed by atoms with Crippen LogP contribution in [0.15, 0.2) is 41.0 Å². The second-order valence-electron chi connectivity index (χ2n) is 5.06. The molecule has 0 bridgehead atoms. The first kappa shape index (κ1) is 16.5. The molecular formula is C16H19F2NO3. The number of rotatable bonds is 7. The van der Waals surface area contributed by atoms with Crippen LogP contribution in [-0.4, -0.2) is 18.3 Å². The highest BCUT2D eigenvalue weighted by Gasteiger charge is 2.15. The molecule has 0 spiro atoms. The number of hydrogen-bond donors (Lipinski definition) is 2. The van der Waals surface area contributed by atoms with Gasteiger partial charge in [0.1, 0.15) is 11.5 Å². The van der Waals surface area contributed by atoms with Gasteiger partial charge < -0.3 is 19.6 Å². The predicted molar refractivity (Wildman–Crippen MR) is 77.9 cm³/mol. The van der Waals surface area contributed by atoms with Gasteiger partial charge in [0.15, 0.2) is 0 Å². The summed E-state index contributed by atoms with van der Waals surface area (Å²) in [5.41, 5.74) is 1.54. The fourth-order valence-corrected chi connectivity index (χ4v) is 2.22. The third-order valence-electron chi connectivity index (χ3n) is 3.38. The molecule has 0 aliphatic rings. The number of halogens is 2. The van der Waals surface area contributed by atoms with Crippen LogP contribution < -0.4 is 10.1 Å². The normalized spacial score (nSPS) is 14.1. The predicted octanol–water partition coefficient (Wildman–Crippen LogP) is 3.57. The number of hydrogen-bond acceptors (Lipinski definition) is 4. The Morgan fingerprint density at radius 2 is 2.09 bits per heavy atom. The number of aliphatic hydroxyl groups excluding tert-OH is 1. The molecule has 2 aromatic rings. The van der Waals surface area contributed by atoms with Gasteiger partial charge in [0.05, 0.1) is 18.4 Å². The van der Waals surface area contributed by atoms with Crippen LogP contribution in [0.3, 0.4) is 0 Å². The van der Waals surface area contributed by atoms with Gasteiger partial charge in [-0.1, -0.05) is 12.1 Å². The summed E-state index contributed by atoms with van der Waals surface area (Å²) in [4.78, 5) is 0. The van der Waals surface area contributed by atoms with E-state index in [4.69, 9.17) is 4.42 Å². The van der Waals surface area contributed by atoms with Gasteiger partial charge in [0.2, 0.25) is 0 Å². The van der Waals surface area contributed by atoms with Crippen LogP contribution in [0.2, 0.25) is 0 Å². The number of alkyl halides is 2. The average molecular weight is 311 g/mol. The van der Waals surface area contributed by atoms with Crippen molar-refractivity contribution in [3.8, 4) is 5.75 Å². The molecule has 1 heterocycles. The van der Waals surface area contributed by atoms with Gasteiger partial charge in [0, 0.05) is 6.54 Å². The van der Waals surface area contributed by atoms with E-state index in [1.807, 2.05) is 19.9 Å². The van der Waals surface area contributed by atoms with Gasteiger partial charge in [0.25, 0.3) is 0 Å². The first-order valence-corrected chi connectivity index (χ1v) is 6.97.